The average molecular weight is 809 g/mol. The van der Waals surface area contributed by atoms with Crippen LogP contribution in [0.25, 0.3) is 0 Å². The number of amides is 2. The molecule has 2 amide bonds. The Morgan fingerprint density at radius 1 is 0.845 bits per heavy atom. The fraction of sp³-hybridized carbons (Fsp3) is 0.476. The second-order valence-electron chi connectivity index (χ2n) is 14.6. The molecule has 3 aromatic carbocycles. The van der Waals surface area contributed by atoms with Crippen LogP contribution < -0.4 is 29.6 Å². The van der Waals surface area contributed by atoms with Crippen molar-refractivity contribution in [2.75, 3.05) is 47.6 Å². The van der Waals surface area contributed by atoms with Gasteiger partial charge in [-0.3, -0.25) is 9.59 Å². The van der Waals surface area contributed by atoms with Gasteiger partial charge in [-0.1, -0.05) is 48.5 Å². The lowest BCUT2D eigenvalue weighted by Gasteiger charge is -2.49. The van der Waals surface area contributed by atoms with Gasteiger partial charge in [0.2, 0.25) is 11.8 Å². The van der Waals surface area contributed by atoms with Crippen LogP contribution in [0, 0.1) is 5.92 Å². The zero-order chi connectivity index (χ0) is 41.8. The minimum Gasteiger partial charge on any atom is -0.497 e. The lowest BCUT2D eigenvalue weighted by molar-refractivity contribution is -0.337. The van der Waals surface area contributed by atoms with Crippen molar-refractivity contribution in [3.8, 4) is 23.0 Å². The number of hydrogen-bond donors (Lipinski definition) is 8. The third-order valence-electron chi connectivity index (χ3n) is 11.3. The number of hydrogen-bond acceptors (Lipinski definition) is 14. The van der Waals surface area contributed by atoms with E-state index in [0.29, 0.717) is 47.6 Å². The van der Waals surface area contributed by atoms with Crippen molar-refractivity contribution in [1.82, 2.24) is 10.6 Å². The molecule has 3 aromatic rings. The molecule has 2 heterocycles. The highest BCUT2D eigenvalue weighted by Crippen LogP contribution is 2.69. The van der Waals surface area contributed by atoms with Gasteiger partial charge in [-0.05, 0) is 43.0 Å². The molecule has 2 bridgehead atoms. The molecular weight excluding hydrogens is 756 g/mol. The van der Waals surface area contributed by atoms with Crippen LogP contribution in [0.5, 0.6) is 23.0 Å². The quantitative estimate of drug-likeness (QED) is 0.0737. The predicted octanol–water partition coefficient (Wildman–Crippen LogP) is 0.738. The summed E-state index contributed by atoms with van der Waals surface area (Å²) < 4.78 is 36.6. The molecule has 3 aliphatic rings. The van der Waals surface area contributed by atoms with E-state index in [1.54, 1.807) is 73.7 Å². The fourth-order valence-electron chi connectivity index (χ4n) is 8.42. The number of nitrogens with one attached hydrogen (secondary N) is 2. The molecule has 10 atom stereocenters. The second kappa shape index (κ2) is 18.0. The van der Waals surface area contributed by atoms with E-state index in [2.05, 4.69) is 10.6 Å². The zero-order valence-electron chi connectivity index (χ0n) is 32.7. The van der Waals surface area contributed by atoms with Crippen LogP contribution in [0.4, 0.5) is 0 Å². The number of carbonyl (C=O) groups excluding carboxylic acids is 2. The first-order valence-electron chi connectivity index (χ1n) is 19.1. The Kier molecular flexibility index (Phi) is 13.3. The summed E-state index contributed by atoms with van der Waals surface area (Å²) in [6, 6.07) is 18.7. The minimum absolute atomic E-state index is 0.111. The van der Waals surface area contributed by atoms with Gasteiger partial charge in [0.25, 0.3) is 0 Å². The van der Waals surface area contributed by atoms with E-state index < -0.39 is 72.4 Å². The summed E-state index contributed by atoms with van der Waals surface area (Å²) in [5.74, 6) is -2.26. The Morgan fingerprint density at radius 2 is 1.52 bits per heavy atom. The topological polar surface area (TPSA) is 235 Å². The predicted molar refractivity (Wildman–Crippen MR) is 206 cm³/mol. The first kappa shape index (κ1) is 42.8. The number of rotatable bonds is 16. The molecular formula is C42H52N2O14. The number of fused-ring (bicyclic) bond motifs is 4. The Morgan fingerprint density at radius 3 is 2.14 bits per heavy atom. The molecule has 0 spiro atoms. The Bertz CT molecular complexity index is 1930. The van der Waals surface area contributed by atoms with Crippen molar-refractivity contribution in [3.63, 3.8) is 0 Å². The first-order valence-corrected chi connectivity index (χ1v) is 19.1. The highest BCUT2D eigenvalue weighted by molar-refractivity contribution is 5.92. The van der Waals surface area contributed by atoms with Gasteiger partial charge in [-0.15, -0.1) is 0 Å². The number of ether oxygens (including phenoxy) is 6. The molecule has 0 aromatic heterocycles. The van der Waals surface area contributed by atoms with Crippen molar-refractivity contribution in [2.24, 2.45) is 5.92 Å². The number of aliphatic hydroxyl groups excluding tert-OH is 5. The molecule has 58 heavy (non-hydrogen) atoms. The first-order chi connectivity index (χ1) is 27.9. The van der Waals surface area contributed by atoms with E-state index in [4.69, 9.17) is 33.5 Å². The summed E-state index contributed by atoms with van der Waals surface area (Å²) in [5.41, 5.74) is -2.81. The van der Waals surface area contributed by atoms with Crippen molar-refractivity contribution in [2.45, 2.75) is 73.7 Å². The van der Waals surface area contributed by atoms with Gasteiger partial charge in [0, 0.05) is 36.7 Å². The molecule has 8 N–H and O–H groups in total. The number of methoxy groups -OCH3 is 3. The van der Waals surface area contributed by atoms with Crippen LogP contribution in [0.2, 0.25) is 0 Å². The van der Waals surface area contributed by atoms with Crippen molar-refractivity contribution in [1.29, 1.82) is 0 Å². The number of benzene rings is 3. The average Bonchev–Trinajstić information content (AvgIpc) is 3.39. The van der Waals surface area contributed by atoms with Crippen LogP contribution in [-0.2, 0) is 30.3 Å². The summed E-state index contributed by atoms with van der Waals surface area (Å²) in [6.07, 6.45) is -7.78. The monoisotopic (exact) mass is 808 g/mol. The summed E-state index contributed by atoms with van der Waals surface area (Å²) in [7, 11) is 4.36. The van der Waals surface area contributed by atoms with Gasteiger partial charge in [0.05, 0.1) is 46.0 Å². The fourth-order valence-corrected chi connectivity index (χ4v) is 8.42. The summed E-state index contributed by atoms with van der Waals surface area (Å²) in [5, 5.41) is 71.6. The molecule has 16 nitrogen and oxygen atoms in total. The highest BCUT2D eigenvalue weighted by Gasteiger charge is 2.77. The smallest absolute Gasteiger partial charge is 0.246 e. The molecule has 2 aliphatic heterocycles. The lowest BCUT2D eigenvalue weighted by atomic mass is 9.74. The van der Waals surface area contributed by atoms with Crippen LogP contribution in [0.1, 0.15) is 42.4 Å². The molecule has 6 rings (SSSR count). The van der Waals surface area contributed by atoms with E-state index in [1.807, 2.05) is 0 Å². The van der Waals surface area contributed by atoms with E-state index >= 15 is 4.79 Å². The van der Waals surface area contributed by atoms with Crippen molar-refractivity contribution < 1.29 is 68.6 Å². The molecule has 2 fully saturated rings. The van der Waals surface area contributed by atoms with E-state index in [-0.39, 0.29) is 36.1 Å². The van der Waals surface area contributed by atoms with E-state index in [9.17, 15) is 30.3 Å². The van der Waals surface area contributed by atoms with Gasteiger partial charge in [-0.2, -0.15) is 0 Å². The maximum atomic E-state index is 15.1. The zero-order valence-corrected chi connectivity index (χ0v) is 32.7. The number of aliphatic hydroxyl groups is 6. The van der Waals surface area contributed by atoms with Gasteiger partial charge in [-0.25, -0.2) is 0 Å². The highest BCUT2D eigenvalue weighted by atomic mass is 16.7. The normalized spacial score (nSPS) is 30.1. The van der Waals surface area contributed by atoms with E-state index in [1.165, 1.54) is 27.4 Å². The molecule has 16 heteroatoms. The molecule has 1 saturated carbocycles. The molecule has 1 aliphatic carbocycles. The van der Waals surface area contributed by atoms with Crippen molar-refractivity contribution in [3.05, 3.63) is 95.1 Å². The minimum atomic E-state index is -2.24. The SMILES string of the molecule is COc1ccc([C@]23Oc4cc(OC)cc(OC)c4[C@](O)([C@H](c4ccccc4)[C@H]2C(=O)NCCCCNC(=O)/C(C)=C/CO)[C@H]3O[C@@H]2O[C@H](CO)[C@@H](O)[C@H](O)[C@H]2O)cc1. The van der Waals surface area contributed by atoms with Gasteiger partial charge < -0.3 is 69.7 Å². The third-order valence-corrected chi connectivity index (χ3v) is 11.3. The Balaban J connectivity index is 1.51. The standard InChI is InChI=1S/C42H52N2O14/c1-23(16-19-45)37(50)43-17-8-9-18-44-38(51)33-31(24-10-6-5-7-11-24)41(52)32-28(55-4)20-27(54-3)21-29(32)58-42(33,25-12-14-26(53-2)15-13-25)40(41)57-39-36(49)35(48)34(47)30(22-46)56-39/h5-7,10-16,20-21,30-31,33-36,39-40,45-49,52H,8-9,17-19,22H2,1-4H3,(H,43,50)(H,44,51)/b23-16+/t30-,31-,33+,34-,35+,36-,39+,40-,41-,42+/m1/s1. The number of carbonyl (C=O) groups is 2. The maximum absolute atomic E-state index is 15.1. The second-order valence-corrected chi connectivity index (χ2v) is 14.6. The largest absolute Gasteiger partial charge is 0.497 e. The summed E-state index contributed by atoms with van der Waals surface area (Å²) >= 11 is 0. The number of unbranched alkanes of at least 4 members (excludes halogenated alkanes) is 1. The van der Waals surface area contributed by atoms with Gasteiger partial charge in [0.1, 0.15) is 59.1 Å². The Hall–Kier alpha value is -4.78. The molecule has 0 unspecified atom stereocenters. The van der Waals surface area contributed by atoms with Gasteiger partial charge >= 0.3 is 0 Å². The third kappa shape index (κ3) is 7.62. The lowest BCUT2D eigenvalue weighted by Crippen LogP contribution is -2.64. The summed E-state index contributed by atoms with van der Waals surface area (Å²) in [4.78, 5) is 27.4. The molecule has 0 radical (unpaired) electrons. The van der Waals surface area contributed by atoms with Crippen LogP contribution in [-0.4, -0.2) is 127 Å². The van der Waals surface area contributed by atoms with Crippen LogP contribution >= 0.6 is 0 Å². The summed E-state index contributed by atoms with van der Waals surface area (Å²) in [6.45, 7) is 1.08. The van der Waals surface area contributed by atoms with E-state index in [0.717, 1.165) is 0 Å². The van der Waals surface area contributed by atoms with Crippen LogP contribution in [0.15, 0.2) is 78.4 Å². The Labute approximate surface area is 335 Å². The van der Waals surface area contributed by atoms with Crippen molar-refractivity contribution >= 4 is 11.8 Å². The molecule has 314 valence electrons. The molecule has 1 saturated heterocycles. The van der Waals surface area contributed by atoms with Gasteiger partial charge in [0.15, 0.2) is 11.9 Å². The van der Waals surface area contributed by atoms with Crippen LogP contribution in [0.3, 0.4) is 0 Å². The maximum Gasteiger partial charge on any atom is 0.246 e.